The Bertz CT molecular complexity index is 253. The van der Waals surface area contributed by atoms with Crippen molar-refractivity contribution < 1.29 is 5.11 Å². The summed E-state index contributed by atoms with van der Waals surface area (Å²) in [6.07, 6.45) is 10.6. The van der Waals surface area contributed by atoms with Crippen LogP contribution in [0.1, 0.15) is 65.2 Å². The van der Waals surface area contributed by atoms with E-state index in [-0.39, 0.29) is 5.54 Å². The SMILES string of the molecule is CC(C)NC1(CO)CCCC(SC2CCCC2)C1. The van der Waals surface area contributed by atoms with Crippen LogP contribution < -0.4 is 5.32 Å². The highest BCUT2D eigenvalue weighted by atomic mass is 32.2. The van der Waals surface area contributed by atoms with Gasteiger partial charge in [-0.3, -0.25) is 0 Å². The fraction of sp³-hybridized carbons (Fsp3) is 1.00. The molecule has 0 aromatic carbocycles. The first-order chi connectivity index (χ1) is 8.63. The molecule has 0 aromatic heterocycles. The van der Waals surface area contributed by atoms with Crippen LogP contribution in [-0.4, -0.2) is 33.8 Å². The van der Waals surface area contributed by atoms with Crippen molar-refractivity contribution in [1.82, 2.24) is 5.32 Å². The number of nitrogens with one attached hydrogen (secondary N) is 1. The summed E-state index contributed by atoms with van der Waals surface area (Å²) < 4.78 is 0. The molecule has 2 unspecified atom stereocenters. The van der Waals surface area contributed by atoms with Gasteiger partial charge in [-0.05, 0) is 32.1 Å². The molecule has 0 heterocycles. The van der Waals surface area contributed by atoms with E-state index in [0.717, 1.165) is 23.3 Å². The summed E-state index contributed by atoms with van der Waals surface area (Å²) in [4.78, 5) is 0. The van der Waals surface area contributed by atoms with E-state index in [1.807, 2.05) is 0 Å². The van der Waals surface area contributed by atoms with E-state index in [1.54, 1.807) is 0 Å². The fourth-order valence-corrected chi connectivity index (χ4v) is 5.52. The van der Waals surface area contributed by atoms with Crippen LogP contribution in [-0.2, 0) is 0 Å². The molecule has 2 rings (SSSR count). The van der Waals surface area contributed by atoms with Crippen molar-refractivity contribution in [3.8, 4) is 0 Å². The topological polar surface area (TPSA) is 32.3 Å². The third-order valence-electron chi connectivity index (χ3n) is 4.38. The summed E-state index contributed by atoms with van der Waals surface area (Å²) in [5.41, 5.74) is 0.00267. The largest absolute Gasteiger partial charge is 0.394 e. The predicted octanol–water partition coefficient (Wildman–Crippen LogP) is 3.33. The zero-order valence-electron chi connectivity index (χ0n) is 12.0. The summed E-state index contributed by atoms with van der Waals surface area (Å²) in [7, 11) is 0. The first-order valence-corrected chi connectivity index (χ1v) is 8.62. The van der Waals surface area contributed by atoms with Gasteiger partial charge in [-0.2, -0.15) is 11.8 Å². The second kappa shape index (κ2) is 6.62. The van der Waals surface area contributed by atoms with Crippen molar-refractivity contribution in [1.29, 1.82) is 0 Å². The van der Waals surface area contributed by atoms with E-state index >= 15 is 0 Å². The van der Waals surface area contributed by atoms with Gasteiger partial charge in [0.25, 0.3) is 0 Å². The van der Waals surface area contributed by atoms with Crippen molar-refractivity contribution >= 4 is 11.8 Å². The first-order valence-electron chi connectivity index (χ1n) is 7.67. The number of aliphatic hydroxyl groups excluding tert-OH is 1. The van der Waals surface area contributed by atoms with Crippen molar-refractivity contribution in [2.45, 2.75) is 87.3 Å². The highest BCUT2D eigenvalue weighted by Crippen LogP contribution is 2.40. The molecule has 106 valence electrons. The molecule has 18 heavy (non-hydrogen) atoms. The van der Waals surface area contributed by atoms with Crippen LogP contribution >= 0.6 is 11.8 Å². The number of aliphatic hydroxyl groups is 1. The maximum absolute atomic E-state index is 9.80. The summed E-state index contributed by atoms with van der Waals surface area (Å²) >= 11 is 2.22. The zero-order chi connectivity index (χ0) is 13.0. The summed E-state index contributed by atoms with van der Waals surface area (Å²) in [5, 5.41) is 15.1. The van der Waals surface area contributed by atoms with Gasteiger partial charge in [0.05, 0.1) is 6.61 Å². The quantitative estimate of drug-likeness (QED) is 0.804. The Morgan fingerprint density at radius 2 is 1.83 bits per heavy atom. The van der Waals surface area contributed by atoms with Gasteiger partial charge in [0.1, 0.15) is 0 Å². The van der Waals surface area contributed by atoms with E-state index in [1.165, 1.54) is 38.5 Å². The molecule has 2 saturated carbocycles. The Morgan fingerprint density at radius 3 is 2.44 bits per heavy atom. The Balaban J connectivity index is 1.89. The smallest absolute Gasteiger partial charge is 0.0613 e. The maximum Gasteiger partial charge on any atom is 0.0613 e. The molecular weight excluding hydrogens is 242 g/mol. The van der Waals surface area contributed by atoms with Gasteiger partial charge in [-0.15, -0.1) is 0 Å². The summed E-state index contributed by atoms with van der Waals surface area (Å²) in [6, 6.07) is 0.465. The molecule has 2 aliphatic rings. The van der Waals surface area contributed by atoms with E-state index < -0.39 is 0 Å². The van der Waals surface area contributed by atoms with Crippen LogP contribution in [0.15, 0.2) is 0 Å². The van der Waals surface area contributed by atoms with Crippen LogP contribution in [0.2, 0.25) is 0 Å². The van der Waals surface area contributed by atoms with Crippen molar-refractivity contribution in [3.05, 3.63) is 0 Å². The van der Waals surface area contributed by atoms with E-state index in [0.29, 0.717) is 12.6 Å². The molecule has 0 bridgehead atoms. The van der Waals surface area contributed by atoms with Gasteiger partial charge in [-0.25, -0.2) is 0 Å². The average molecular weight is 271 g/mol. The van der Waals surface area contributed by atoms with Crippen LogP contribution in [0.25, 0.3) is 0 Å². The molecule has 0 saturated heterocycles. The van der Waals surface area contributed by atoms with Crippen LogP contribution in [0.3, 0.4) is 0 Å². The highest BCUT2D eigenvalue weighted by molar-refractivity contribution is 8.00. The van der Waals surface area contributed by atoms with Crippen LogP contribution in [0, 0.1) is 0 Å². The third-order valence-corrected chi connectivity index (χ3v) is 6.03. The number of rotatable bonds is 5. The Hall–Kier alpha value is 0.270. The summed E-state index contributed by atoms with van der Waals surface area (Å²) in [6.45, 7) is 4.67. The van der Waals surface area contributed by atoms with Gasteiger partial charge in [-0.1, -0.05) is 33.1 Å². The third kappa shape index (κ3) is 3.88. The van der Waals surface area contributed by atoms with Gasteiger partial charge >= 0.3 is 0 Å². The Labute approximate surface area is 116 Å². The minimum atomic E-state index is 0.00267. The van der Waals surface area contributed by atoms with E-state index in [9.17, 15) is 5.11 Å². The second-order valence-corrected chi connectivity index (χ2v) is 8.10. The Morgan fingerprint density at radius 1 is 1.17 bits per heavy atom. The molecule has 0 radical (unpaired) electrons. The molecule has 3 heteroatoms. The Kier molecular flexibility index (Phi) is 5.40. The first kappa shape index (κ1) is 14.7. The molecular formula is C15H29NOS. The molecule has 0 spiro atoms. The van der Waals surface area contributed by atoms with Gasteiger partial charge in [0.15, 0.2) is 0 Å². The molecule has 0 aliphatic heterocycles. The lowest BCUT2D eigenvalue weighted by Gasteiger charge is -2.42. The van der Waals surface area contributed by atoms with E-state index in [4.69, 9.17) is 0 Å². The van der Waals surface area contributed by atoms with E-state index in [2.05, 4.69) is 30.9 Å². The van der Waals surface area contributed by atoms with Gasteiger partial charge < -0.3 is 10.4 Å². The van der Waals surface area contributed by atoms with Gasteiger partial charge in [0, 0.05) is 22.1 Å². The van der Waals surface area contributed by atoms with Crippen molar-refractivity contribution in [2.24, 2.45) is 0 Å². The molecule has 0 amide bonds. The molecule has 2 fully saturated rings. The minimum absolute atomic E-state index is 0.00267. The molecule has 2 aliphatic carbocycles. The van der Waals surface area contributed by atoms with Gasteiger partial charge in [0.2, 0.25) is 0 Å². The lowest BCUT2D eigenvalue weighted by atomic mass is 9.81. The fourth-order valence-electron chi connectivity index (χ4n) is 3.65. The molecule has 0 aromatic rings. The molecule has 2 nitrogen and oxygen atoms in total. The monoisotopic (exact) mass is 271 g/mol. The minimum Gasteiger partial charge on any atom is -0.394 e. The number of thioether (sulfide) groups is 1. The van der Waals surface area contributed by atoms with Crippen molar-refractivity contribution in [3.63, 3.8) is 0 Å². The maximum atomic E-state index is 9.80. The normalized spacial score (nSPS) is 34.3. The molecule has 2 N–H and O–H groups in total. The number of hydrogen-bond donors (Lipinski definition) is 2. The predicted molar refractivity (Wildman–Crippen MR) is 80.2 cm³/mol. The lowest BCUT2D eigenvalue weighted by molar-refractivity contribution is 0.115. The highest BCUT2D eigenvalue weighted by Gasteiger charge is 2.37. The second-order valence-electron chi connectivity index (χ2n) is 6.50. The van der Waals surface area contributed by atoms with Crippen molar-refractivity contribution in [2.75, 3.05) is 6.61 Å². The lowest BCUT2D eigenvalue weighted by Crippen LogP contribution is -2.54. The average Bonchev–Trinajstić information content (AvgIpc) is 2.81. The number of hydrogen-bond acceptors (Lipinski definition) is 3. The zero-order valence-corrected chi connectivity index (χ0v) is 12.8. The van der Waals surface area contributed by atoms with Crippen LogP contribution in [0.4, 0.5) is 0 Å². The standard InChI is InChI=1S/C15H29NOS/c1-12(2)16-15(11-17)9-5-8-14(10-15)18-13-6-3-4-7-13/h12-14,16-17H,3-11H2,1-2H3. The summed E-state index contributed by atoms with van der Waals surface area (Å²) in [5.74, 6) is 0. The molecule has 2 atom stereocenters. The van der Waals surface area contributed by atoms with Crippen LogP contribution in [0.5, 0.6) is 0 Å².